The molecule has 3 fully saturated rings. The maximum atomic E-state index is 11.8. The molecule has 1 aliphatic carbocycles. The summed E-state index contributed by atoms with van der Waals surface area (Å²) in [6.45, 7) is 8.17. The van der Waals surface area contributed by atoms with Crippen molar-refractivity contribution in [1.82, 2.24) is 10.2 Å². The van der Waals surface area contributed by atoms with Crippen LogP contribution in [0.5, 0.6) is 0 Å². The van der Waals surface area contributed by atoms with E-state index in [9.17, 15) is 8.42 Å². The number of aliphatic imine (C=N–C) groups is 1. The van der Waals surface area contributed by atoms with E-state index < -0.39 is 9.84 Å². The molecule has 1 N–H and O–H groups in total. The third kappa shape index (κ3) is 6.10. The molecule has 5 nitrogen and oxygen atoms in total. The van der Waals surface area contributed by atoms with Crippen LogP contribution in [0.4, 0.5) is 0 Å². The van der Waals surface area contributed by atoms with E-state index in [0.717, 1.165) is 38.6 Å². The van der Waals surface area contributed by atoms with Crippen molar-refractivity contribution in [2.24, 2.45) is 22.2 Å². The van der Waals surface area contributed by atoms with E-state index in [1.165, 1.54) is 51.4 Å². The second kappa shape index (κ2) is 9.15. The van der Waals surface area contributed by atoms with Crippen LogP contribution < -0.4 is 5.32 Å². The Morgan fingerprint density at radius 2 is 1.85 bits per heavy atom. The number of hydrogen-bond donors (Lipinski definition) is 1. The van der Waals surface area contributed by atoms with Gasteiger partial charge in [0.25, 0.3) is 0 Å². The minimum Gasteiger partial charge on any atom is -0.356 e. The van der Waals surface area contributed by atoms with Gasteiger partial charge in [0, 0.05) is 26.2 Å². The van der Waals surface area contributed by atoms with Gasteiger partial charge in [-0.3, -0.25) is 4.99 Å². The molecule has 1 atom stereocenters. The van der Waals surface area contributed by atoms with E-state index in [0.29, 0.717) is 22.8 Å². The number of likely N-dealkylation sites (tertiary alicyclic amines) is 1. The van der Waals surface area contributed by atoms with Crippen LogP contribution in [-0.2, 0) is 9.84 Å². The normalized spacial score (nSPS) is 28.5. The molecule has 1 saturated carbocycles. The fourth-order valence-corrected chi connectivity index (χ4v) is 6.94. The lowest BCUT2D eigenvalue weighted by atomic mass is 9.74. The fraction of sp³-hybridized carbons (Fsp3) is 0.952. The highest BCUT2D eigenvalue weighted by atomic mass is 32.2. The topological polar surface area (TPSA) is 61.8 Å². The quantitative estimate of drug-likeness (QED) is 0.583. The Hall–Kier alpha value is -0.780. The summed E-state index contributed by atoms with van der Waals surface area (Å²) in [6, 6.07) is 0. The minimum atomic E-state index is -2.81. The number of nitrogens with zero attached hydrogens (tertiary/aromatic N) is 2. The third-order valence-electron chi connectivity index (χ3n) is 6.61. The smallest absolute Gasteiger partial charge is 0.193 e. The summed E-state index contributed by atoms with van der Waals surface area (Å²) >= 11 is 0. The lowest BCUT2D eigenvalue weighted by Crippen LogP contribution is -2.51. The number of rotatable bonds is 4. The Balaban J connectivity index is 1.65. The number of piperidine rings is 1. The lowest BCUT2D eigenvalue weighted by molar-refractivity contribution is 0.115. The molecule has 27 heavy (non-hydrogen) atoms. The highest BCUT2D eigenvalue weighted by molar-refractivity contribution is 7.91. The minimum absolute atomic E-state index is 0.232. The van der Waals surface area contributed by atoms with Crippen molar-refractivity contribution in [1.29, 1.82) is 0 Å². The predicted octanol–water partition coefficient (Wildman–Crippen LogP) is 3.46. The Bertz CT molecular complexity index is 607. The molecule has 0 amide bonds. The first-order valence-corrected chi connectivity index (χ1v) is 12.9. The molecule has 1 spiro atoms. The van der Waals surface area contributed by atoms with E-state index in [1.54, 1.807) is 0 Å². The molecule has 0 radical (unpaired) electrons. The van der Waals surface area contributed by atoms with Gasteiger partial charge in [0.2, 0.25) is 0 Å². The summed E-state index contributed by atoms with van der Waals surface area (Å²) in [5.74, 6) is 2.48. The number of guanidine groups is 1. The maximum Gasteiger partial charge on any atom is 0.193 e. The number of hydrogen-bond acceptors (Lipinski definition) is 3. The highest BCUT2D eigenvalue weighted by Crippen LogP contribution is 2.42. The second-order valence-electron chi connectivity index (χ2n) is 9.65. The van der Waals surface area contributed by atoms with Crippen molar-refractivity contribution in [3.63, 3.8) is 0 Å². The molecule has 0 bridgehead atoms. The van der Waals surface area contributed by atoms with E-state index in [2.05, 4.69) is 24.1 Å². The Morgan fingerprint density at radius 1 is 1.15 bits per heavy atom. The molecule has 2 heterocycles. The van der Waals surface area contributed by atoms with Gasteiger partial charge in [-0.25, -0.2) is 8.42 Å². The van der Waals surface area contributed by atoms with E-state index in [4.69, 9.17) is 4.99 Å². The van der Waals surface area contributed by atoms with Gasteiger partial charge in [-0.15, -0.1) is 0 Å². The molecular formula is C21H39N3O2S. The summed E-state index contributed by atoms with van der Waals surface area (Å²) in [7, 11) is -2.81. The molecule has 2 saturated heterocycles. The van der Waals surface area contributed by atoms with E-state index in [1.807, 2.05) is 0 Å². The maximum absolute atomic E-state index is 11.8. The van der Waals surface area contributed by atoms with Crippen molar-refractivity contribution in [3.8, 4) is 0 Å². The van der Waals surface area contributed by atoms with Gasteiger partial charge in [-0.1, -0.05) is 39.5 Å². The van der Waals surface area contributed by atoms with Gasteiger partial charge < -0.3 is 10.2 Å². The Morgan fingerprint density at radius 3 is 2.48 bits per heavy atom. The van der Waals surface area contributed by atoms with Crippen LogP contribution in [0, 0.1) is 17.3 Å². The van der Waals surface area contributed by atoms with Gasteiger partial charge >= 0.3 is 0 Å². The number of sulfone groups is 1. The summed E-state index contributed by atoms with van der Waals surface area (Å²) < 4.78 is 23.5. The third-order valence-corrected chi connectivity index (χ3v) is 8.44. The molecule has 6 heteroatoms. The molecule has 0 aromatic heterocycles. The predicted molar refractivity (Wildman–Crippen MR) is 113 cm³/mol. The van der Waals surface area contributed by atoms with Crippen molar-refractivity contribution in [2.75, 3.05) is 37.7 Å². The SMILES string of the molecule is CC(C)CN=C(NCC1CCS(=O)(=O)C1)N1CCCC2(CCCCCC2)C1. The zero-order chi connectivity index (χ0) is 19.3. The van der Waals surface area contributed by atoms with E-state index in [-0.39, 0.29) is 5.92 Å². The second-order valence-corrected chi connectivity index (χ2v) is 11.9. The van der Waals surface area contributed by atoms with Gasteiger partial charge in [-0.2, -0.15) is 0 Å². The van der Waals surface area contributed by atoms with Crippen molar-refractivity contribution < 1.29 is 8.42 Å². The molecule has 0 aromatic rings. The summed E-state index contributed by atoms with van der Waals surface area (Å²) in [6.07, 6.45) is 11.7. The average Bonchev–Trinajstić information content (AvgIpc) is 2.82. The van der Waals surface area contributed by atoms with Crippen LogP contribution in [-0.4, -0.2) is 57.0 Å². The fourth-order valence-electron chi connectivity index (χ4n) is 5.08. The molecule has 3 aliphatic rings. The van der Waals surface area contributed by atoms with Gasteiger partial charge in [-0.05, 0) is 49.4 Å². The van der Waals surface area contributed by atoms with Crippen LogP contribution in [0.25, 0.3) is 0 Å². The standard InChI is InChI=1S/C21H39N3O2S/c1-18(2)14-22-20(23-15-19-8-13-27(25,26)16-19)24-12-7-11-21(17-24)9-5-3-4-6-10-21/h18-19H,3-17H2,1-2H3,(H,22,23). The van der Waals surface area contributed by atoms with Crippen LogP contribution >= 0.6 is 0 Å². The van der Waals surface area contributed by atoms with Crippen LogP contribution in [0.15, 0.2) is 4.99 Å². The first-order chi connectivity index (χ1) is 12.9. The van der Waals surface area contributed by atoms with Gasteiger partial charge in [0.15, 0.2) is 15.8 Å². The van der Waals surface area contributed by atoms with Crippen LogP contribution in [0.3, 0.4) is 0 Å². The molecule has 0 aromatic carbocycles. The zero-order valence-corrected chi connectivity index (χ0v) is 18.2. The zero-order valence-electron chi connectivity index (χ0n) is 17.4. The summed E-state index contributed by atoms with van der Waals surface area (Å²) in [5.41, 5.74) is 0.478. The molecule has 2 aliphatic heterocycles. The van der Waals surface area contributed by atoms with Crippen LogP contribution in [0.1, 0.15) is 71.6 Å². The molecular weight excluding hydrogens is 358 g/mol. The largest absolute Gasteiger partial charge is 0.356 e. The van der Waals surface area contributed by atoms with Crippen LogP contribution in [0.2, 0.25) is 0 Å². The Kier molecular flexibility index (Phi) is 7.09. The monoisotopic (exact) mass is 397 g/mol. The van der Waals surface area contributed by atoms with Gasteiger partial charge in [0.05, 0.1) is 11.5 Å². The van der Waals surface area contributed by atoms with E-state index >= 15 is 0 Å². The molecule has 1 unspecified atom stereocenters. The average molecular weight is 398 g/mol. The van der Waals surface area contributed by atoms with Crippen molar-refractivity contribution in [3.05, 3.63) is 0 Å². The van der Waals surface area contributed by atoms with Gasteiger partial charge in [0.1, 0.15) is 0 Å². The van der Waals surface area contributed by atoms with Crippen molar-refractivity contribution in [2.45, 2.75) is 71.6 Å². The lowest BCUT2D eigenvalue weighted by Gasteiger charge is -2.44. The number of nitrogens with one attached hydrogen (secondary N) is 1. The highest BCUT2D eigenvalue weighted by Gasteiger charge is 2.37. The first-order valence-electron chi connectivity index (χ1n) is 11.1. The summed E-state index contributed by atoms with van der Waals surface area (Å²) in [5, 5.41) is 3.57. The summed E-state index contributed by atoms with van der Waals surface area (Å²) in [4.78, 5) is 7.41. The molecule has 156 valence electrons. The van der Waals surface area contributed by atoms with Crippen molar-refractivity contribution >= 4 is 15.8 Å². The molecule has 3 rings (SSSR count). The Labute approximate surface area is 166 Å². The first kappa shape index (κ1) is 20.9.